The van der Waals surface area contributed by atoms with Crippen LogP contribution in [0.1, 0.15) is 19.3 Å². The van der Waals surface area contributed by atoms with Crippen molar-refractivity contribution < 1.29 is 17.5 Å². The van der Waals surface area contributed by atoms with E-state index in [1.54, 1.807) is 23.4 Å². The van der Waals surface area contributed by atoms with Crippen molar-refractivity contribution in [2.45, 2.75) is 29.8 Å². The Morgan fingerprint density at radius 2 is 1.33 bits per heavy atom. The van der Waals surface area contributed by atoms with Crippen LogP contribution < -0.4 is 0 Å². The van der Waals surface area contributed by atoms with E-state index in [1.165, 1.54) is 6.42 Å². The Morgan fingerprint density at radius 1 is 1.00 bits per heavy atom. The average Bonchev–Trinajstić information content (AvgIpc) is 1.88. The first-order valence-electron chi connectivity index (χ1n) is 3.67. The van der Waals surface area contributed by atoms with Gasteiger partial charge < -0.3 is 9.11 Å². The fraction of sp³-hybridized carbons (Fsp3) is 1.00. The Balaban J connectivity index is 0. The first-order chi connectivity index (χ1) is 5.00. The number of rotatable bonds is 0. The maximum absolute atomic E-state index is 8.52. The Hall–Kier alpha value is 1.66. The summed E-state index contributed by atoms with van der Waals surface area (Å²) in [5, 5.41) is 3.28. The maximum Gasteiger partial charge on any atom is 2.00 e. The molecule has 0 N–H and O–H groups in total. The predicted molar refractivity (Wildman–Crippen MR) is 46.8 cm³/mol. The summed E-state index contributed by atoms with van der Waals surface area (Å²) in [5.41, 5.74) is 0. The molecule has 0 atom stereocenters. The van der Waals surface area contributed by atoms with Crippen LogP contribution in [0, 0.1) is 0 Å². The maximum atomic E-state index is 8.52. The first kappa shape index (κ1) is 16.1. The van der Waals surface area contributed by atoms with E-state index >= 15 is 0 Å². The molecule has 0 aromatic carbocycles. The summed E-state index contributed by atoms with van der Waals surface area (Å²) in [5.74, 6) is 0. The summed E-state index contributed by atoms with van der Waals surface area (Å²) in [6.45, 7) is 0. The third kappa shape index (κ3) is 22.6. The fourth-order valence-electron chi connectivity index (χ4n) is 1.06. The molecule has 0 bridgehead atoms. The second-order valence-corrected chi connectivity index (χ2v) is 5.47. The van der Waals surface area contributed by atoms with Crippen LogP contribution in [0.4, 0.5) is 0 Å². The monoisotopic (exact) mass is 234 g/mol. The van der Waals surface area contributed by atoms with Crippen molar-refractivity contribution in [3.05, 3.63) is 0 Å². The zero-order chi connectivity index (χ0) is 8.74. The van der Waals surface area contributed by atoms with Gasteiger partial charge in [-0.05, 0) is 0 Å². The molecule has 0 unspecified atom stereocenters. The van der Waals surface area contributed by atoms with Gasteiger partial charge in [-0.3, -0.25) is 8.42 Å². The number of hydrogen-bond donors (Lipinski definition) is 0. The average molecular weight is 234 g/mol. The summed E-state index contributed by atoms with van der Waals surface area (Å²) in [4.78, 5) is 0. The van der Waals surface area contributed by atoms with E-state index in [1.807, 2.05) is 0 Å². The van der Waals surface area contributed by atoms with Gasteiger partial charge in [0.15, 0.2) is 0 Å². The molecular formula is C5H11AlCaO4S. The van der Waals surface area contributed by atoms with E-state index < -0.39 is 10.4 Å². The molecule has 1 saturated heterocycles. The van der Waals surface area contributed by atoms with E-state index in [0.29, 0.717) is 15.2 Å². The summed E-state index contributed by atoms with van der Waals surface area (Å²) >= 11 is 0.508. The Bertz CT molecular complexity index is 158. The van der Waals surface area contributed by atoms with E-state index in [2.05, 4.69) is 0 Å². The van der Waals surface area contributed by atoms with Gasteiger partial charge in [-0.25, -0.2) is 0 Å². The van der Waals surface area contributed by atoms with Crippen LogP contribution in [0.2, 0.25) is 10.6 Å². The zero-order valence-electron chi connectivity index (χ0n) is 6.99. The van der Waals surface area contributed by atoms with Gasteiger partial charge >= 0.3 is 37.7 Å². The normalized spacial score (nSPS) is 16.2. The molecule has 0 saturated carbocycles. The zero-order valence-corrected chi connectivity index (χ0v) is 11.4. The molecule has 0 aromatic heterocycles. The summed E-state index contributed by atoms with van der Waals surface area (Å²) in [6.07, 6.45) is 4.66. The Labute approximate surface area is 109 Å². The molecule has 1 heterocycles. The van der Waals surface area contributed by atoms with Gasteiger partial charge in [0.1, 0.15) is 0 Å². The predicted octanol–water partition coefficient (Wildman–Crippen LogP) is -0.275. The Kier molecular flexibility index (Phi) is 12.4. The minimum Gasteiger partial charge on any atom is -0.759 e. The molecule has 66 valence electrons. The van der Waals surface area contributed by atoms with Crippen molar-refractivity contribution >= 4 is 63.4 Å². The van der Waals surface area contributed by atoms with Crippen LogP contribution in [0.25, 0.3) is 0 Å². The minimum atomic E-state index is -5.17. The van der Waals surface area contributed by atoms with Gasteiger partial charge in [-0.15, -0.1) is 0 Å². The summed E-state index contributed by atoms with van der Waals surface area (Å²) in [6, 6.07) is 0. The van der Waals surface area contributed by atoms with Crippen molar-refractivity contribution in [3.8, 4) is 0 Å². The standard InChI is InChI=1S/C5H10.Al.Ca.H2O4S.H/c1-3-5-4-2;;;1-5(2,3)4;/h1-5H2;;;(H2,1,2,3,4);/q;;+2;;/p-2. The van der Waals surface area contributed by atoms with Crippen molar-refractivity contribution in [1.82, 2.24) is 0 Å². The molecular weight excluding hydrogens is 223 g/mol. The topological polar surface area (TPSA) is 80.3 Å². The molecule has 0 radical (unpaired) electrons. The van der Waals surface area contributed by atoms with Crippen LogP contribution >= 0.6 is 0 Å². The summed E-state index contributed by atoms with van der Waals surface area (Å²) in [7, 11) is -5.17. The van der Waals surface area contributed by atoms with Crippen LogP contribution in [0.5, 0.6) is 0 Å². The molecule has 0 aliphatic carbocycles. The van der Waals surface area contributed by atoms with Gasteiger partial charge in [0.25, 0.3) is 0 Å². The molecule has 1 rings (SSSR count). The van der Waals surface area contributed by atoms with Crippen molar-refractivity contribution in [3.63, 3.8) is 0 Å². The molecule has 1 aliphatic heterocycles. The fourth-order valence-corrected chi connectivity index (χ4v) is 2.83. The second kappa shape index (κ2) is 9.23. The van der Waals surface area contributed by atoms with Crippen LogP contribution in [0.15, 0.2) is 0 Å². The smallest absolute Gasteiger partial charge is 0.759 e. The van der Waals surface area contributed by atoms with Gasteiger partial charge in [0, 0.05) is 10.4 Å². The van der Waals surface area contributed by atoms with Crippen molar-refractivity contribution in [1.29, 1.82) is 0 Å². The van der Waals surface area contributed by atoms with E-state index in [9.17, 15) is 0 Å². The quantitative estimate of drug-likeness (QED) is 0.328. The minimum absolute atomic E-state index is 0. The van der Waals surface area contributed by atoms with E-state index in [4.69, 9.17) is 17.5 Å². The summed E-state index contributed by atoms with van der Waals surface area (Å²) < 4.78 is 34.1. The van der Waals surface area contributed by atoms with Crippen LogP contribution in [0.3, 0.4) is 0 Å². The molecule has 1 aliphatic rings. The SMILES string of the molecule is C1C[CH2][AlH][CH2]C1.O=S(=O)([O-])[O-].[Ca+2]. The largest absolute Gasteiger partial charge is 2.00 e. The van der Waals surface area contributed by atoms with Crippen molar-refractivity contribution in [2.24, 2.45) is 0 Å². The molecule has 0 spiro atoms. The van der Waals surface area contributed by atoms with E-state index in [0.717, 1.165) is 0 Å². The van der Waals surface area contributed by atoms with Gasteiger partial charge in [0.2, 0.25) is 15.2 Å². The van der Waals surface area contributed by atoms with E-state index in [-0.39, 0.29) is 37.7 Å². The third-order valence-corrected chi connectivity index (χ3v) is 3.50. The van der Waals surface area contributed by atoms with Gasteiger partial charge in [0.05, 0.1) is 0 Å². The van der Waals surface area contributed by atoms with Gasteiger partial charge in [-0.1, -0.05) is 29.8 Å². The molecule has 4 nitrogen and oxygen atoms in total. The number of hydrogen-bond acceptors (Lipinski definition) is 4. The van der Waals surface area contributed by atoms with Gasteiger partial charge in [-0.2, -0.15) is 0 Å². The molecule has 0 aromatic rings. The third-order valence-electron chi connectivity index (χ3n) is 1.50. The molecule has 12 heavy (non-hydrogen) atoms. The van der Waals surface area contributed by atoms with Crippen molar-refractivity contribution in [2.75, 3.05) is 0 Å². The van der Waals surface area contributed by atoms with Crippen LogP contribution in [-0.4, -0.2) is 70.5 Å². The van der Waals surface area contributed by atoms with Crippen LogP contribution in [-0.2, 0) is 10.4 Å². The molecule has 7 heteroatoms. The molecule has 1 fully saturated rings. The second-order valence-electron chi connectivity index (χ2n) is 2.53. The first-order valence-corrected chi connectivity index (χ1v) is 7.00. The Morgan fingerprint density at radius 3 is 1.42 bits per heavy atom. The molecule has 0 amide bonds.